The molecule has 1 saturated heterocycles. The minimum absolute atomic E-state index is 0.00721. The van der Waals surface area contributed by atoms with Crippen molar-refractivity contribution in [3.63, 3.8) is 0 Å². The normalized spacial score (nSPS) is 18.3. The fourth-order valence-electron chi connectivity index (χ4n) is 3.93. The quantitative estimate of drug-likeness (QED) is 0.524. The first-order valence-electron chi connectivity index (χ1n) is 9.92. The lowest BCUT2D eigenvalue weighted by Crippen LogP contribution is -2.61. The van der Waals surface area contributed by atoms with Crippen molar-refractivity contribution in [3.05, 3.63) is 63.4 Å². The highest BCUT2D eigenvalue weighted by Gasteiger charge is 2.45. The van der Waals surface area contributed by atoms with Gasteiger partial charge in [-0.15, -0.1) is 0 Å². The molecule has 172 valence electrons. The number of likely N-dealkylation sites (tertiary alicyclic amines) is 1. The van der Waals surface area contributed by atoms with Crippen molar-refractivity contribution in [1.82, 2.24) is 4.90 Å². The van der Waals surface area contributed by atoms with Crippen LogP contribution in [0.3, 0.4) is 0 Å². The standard InChI is InChI=1S/C22H19ClF5NO3/c23-14-4-3-13(17(5-14)22(26,27)28)8-29-9-21(25,10-29)11-32-19-7-18(24)16(20(30)31)6-15(19)12-1-2-12/h3-7,12H,1-2,8-11H2,(H,30,31). The summed E-state index contributed by atoms with van der Waals surface area (Å²) < 4.78 is 74.3. The number of carboxylic acids is 1. The van der Waals surface area contributed by atoms with Crippen molar-refractivity contribution in [2.45, 2.75) is 37.1 Å². The number of alkyl halides is 4. The summed E-state index contributed by atoms with van der Waals surface area (Å²) in [6.07, 6.45) is -2.97. The average Bonchev–Trinajstić information content (AvgIpc) is 3.50. The predicted molar refractivity (Wildman–Crippen MR) is 106 cm³/mol. The van der Waals surface area contributed by atoms with Gasteiger partial charge in [-0.05, 0) is 48.1 Å². The van der Waals surface area contributed by atoms with E-state index < -0.39 is 41.4 Å². The van der Waals surface area contributed by atoms with Crippen LogP contribution in [-0.2, 0) is 12.7 Å². The smallest absolute Gasteiger partial charge is 0.416 e. The van der Waals surface area contributed by atoms with Gasteiger partial charge in [0.25, 0.3) is 0 Å². The Kier molecular flexibility index (Phi) is 5.83. The van der Waals surface area contributed by atoms with E-state index in [0.29, 0.717) is 5.56 Å². The molecule has 2 aliphatic rings. The Labute approximate surface area is 185 Å². The van der Waals surface area contributed by atoms with Gasteiger partial charge in [0.15, 0.2) is 5.67 Å². The summed E-state index contributed by atoms with van der Waals surface area (Å²) in [5.74, 6) is -2.22. The van der Waals surface area contributed by atoms with E-state index >= 15 is 4.39 Å². The van der Waals surface area contributed by atoms with Crippen molar-refractivity contribution < 1.29 is 36.6 Å². The molecule has 1 aliphatic carbocycles. The van der Waals surface area contributed by atoms with Crippen LogP contribution in [0.2, 0.25) is 5.02 Å². The number of halogens is 6. The Morgan fingerprint density at radius 2 is 1.91 bits per heavy atom. The van der Waals surface area contributed by atoms with Crippen LogP contribution in [0.15, 0.2) is 30.3 Å². The fourth-order valence-corrected chi connectivity index (χ4v) is 4.10. The molecule has 1 saturated carbocycles. The fraction of sp³-hybridized carbons (Fsp3) is 0.409. The second kappa shape index (κ2) is 8.19. The monoisotopic (exact) mass is 475 g/mol. The van der Waals surface area contributed by atoms with Crippen LogP contribution in [0.25, 0.3) is 0 Å². The summed E-state index contributed by atoms with van der Waals surface area (Å²) in [6, 6.07) is 5.65. The van der Waals surface area contributed by atoms with Gasteiger partial charge in [-0.3, -0.25) is 4.90 Å². The van der Waals surface area contributed by atoms with Gasteiger partial charge in [0.2, 0.25) is 0 Å². The highest BCUT2D eigenvalue weighted by Crippen LogP contribution is 2.45. The van der Waals surface area contributed by atoms with Gasteiger partial charge in [0.1, 0.15) is 18.2 Å². The maximum absolute atomic E-state index is 15.0. The Morgan fingerprint density at radius 1 is 1.22 bits per heavy atom. The number of ether oxygens (including phenoxy) is 1. The lowest BCUT2D eigenvalue weighted by atomic mass is 9.95. The van der Waals surface area contributed by atoms with Crippen LogP contribution in [0.4, 0.5) is 22.0 Å². The van der Waals surface area contributed by atoms with Crippen LogP contribution in [0.5, 0.6) is 5.75 Å². The first-order chi connectivity index (χ1) is 14.9. The Hall–Kier alpha value is -2.39. The molecule has 0 atom stereocenters. The summed E-state index contributed by atoms with van der Waals surface area (Å²) in [7, 11) is 0. The number of nitrogens with zero attached hydrogens (tertiary/aromatic N) is 1. The van der Waals surface area contributed by atoms with E-state index in [1.54, 1.807) is 0 Å². The number of hydrogen-bond donors (Lipinski definition) is 1. The minimum atomic E-state index is -4.58. The Morgan fingerprint density at radius 3 is 2.50 bits per heavy atom. The third-order valence-electron chi connectivity index (χ3n) is 5.62. The van der Waals surface area contributed by atoms with Gasteiger partial charge in [0, 0.05) is 30.7 Å². The zero-order valence-electron chi connectivity index (χ0n) is 16.7. The van der Waals surface area contributed by atoms with E-state index in [9.17, 15) is 22.4 Å². The van der Waals surface area contributed by atoms with E-state index in [1.165, 1.54) is 23.1 Å². The van der Waals surface area contributed by atoms with Gasteiger partial charge < -0.3 is 9.84 Å². The van der Waals surface area contributed by atoms with E-state index in [4.69, 9.17) is 21.4 Å². The van der Waals surface area contributed by atoms with Gasteiger partial charge in [-0.1, -0.05) is 17.7 Å². The molecule has 1 heterocycles. The maximum Gasteiger partial charge on any atom is 0.416 e. The molecule has 1 N–H and O–H groups in total. The SMILES string of the molecule is O=C(O)c1cc(C2CC2)c(OCC2(F)CN(Cc3ccc(Cl)cc3C(F)(F)F)C2)cc1F. The molecular formula is C22H19ClF5NO3. The Bertz CT molecular complexity index is 1050. The third-order valence-corrected chi connectivity index (χ3v) is 5.85. The van der Waals surface area contributed by atoms with Gasteiger partial charge >= 0.3 is 12.1 Å². The molecule has 1 aliphatic heterocycles. The van der Waals surface area contributed by atoms with Crippen LogP contribution in [0.1, 0.15) is 45.8 Å². The first kappa shape index (κ1) is 22.8. The molecule has 0 amide bonds. The number of hydrogen-bond acceptors (Lipinski definition) is 3. The molecule has 0 aromatic heterocycles. The lowest BCUT2D eigenvalue weighted by molar-refractivity contribution is -0.139. The van der Waals surface area contributed by atoms with Gasteiger partial charge in [-0.2, -0.15) is 13.2 Å². The molecule has 4 nitrogen and oxygen atoms in total. The average molecular weight is 476 g/mol. The van der Waals surface area contributed by atoms with Crippen LogP contribution >= 0.6 is 11.6 Å². The zero-order valence-corrected chi connectivity index (χ0v) is 17.4. The number of benzene rings is 2. The molecule has 10 heteroatoms. The lowest BCUT2D eigenvalue weighted by Gasteiger charge is -2.44. The molecular weight excluding hydrogens is 457 g/mol. The van der Waals surface area contributed by atoms with Crippen molar-refractivity contribution in [2.75, 3.05) is 19.7 Å². The zero-order chi connectivity index (χ0) is 23.3. The molecule has 4 rings (SSSR count). The van der Waals surface area contributed by atoms with E-state index in [0.717, 1.165) is 25.0 Å². The number of carbonyl (C=O) groups is 1. The summed E-state index contributed by atoms with van der Waals surface area (Å²) in [6.45, 7) is -0.822. The number of rotatable bonds is 7. The van der Waals surface area contributed by atoms with E-state index in [2.05, 4.69) is 0 Å². The maximum atomic E-state index is 15.0. The summed E-state index contributed by atoms with van der Waals surface area (Å²) >= 11 is 5.68. The number of aromatic carboxylic acids is 1. The molecule has 0 radical (unpaired) electrons. The van der Waals surface area contributed by atoms with Gasteiger partial charge in [0.05, 0.1) is 11.1 Å². The molecule has 2 fully saturated rings. The summed E-state index contributed by atoms with van der Waals surface area (Å²) in [4.78, 5) is 12.7. The third kappa shape index (κ3) is 4.83. The predicted octanol–water partition coefficient (Wildman–Crippen LogP) is 5.68. The van der Waals surface area contributed by atoms with Crippen LogP contribution < -0.4 is 4.74 Å². The summed E-state index contributed by atoms with van der Waals surface area (Å²) in [5.41, 5.74) is -2.62. The first-order valence-corrected chi connectivity index (χ1v) is 10.3. The molecule has 0 unspecified atom stereocenters. The van der Waals surface area contributed by atoms with E-state index in [-0.39, 0.29) is 41.9 Å². The van der Waals surface area contributed by atoms with Crippen molar-refractivity contribution in [3.8, 4) is 5.75 Å². The van der Waals surface area contributed by atoms with Crippen LogP contribution in [0, 0.1) is 5.82 Å². The van der Waals surface area contributed by atoms with Crippen molar-refractivity contribution in [1.29, 1.82) is 0 Å². The summed E-state index contributed by atoms with van der Waals surface area (Å²) in [5, 5.41) is 9.06. The second-order valence-corrected chi connectivity index (χ2v) is 8.77. The van der Waals surface area contributed by atoms with Gasteiger partial charge in [-0.25, -0.2) is 13.6 Å². The highest BCUT2D eigenvalue weighted by molar-refractivity contribution is 6.30. The molecule has 32 heavy (non-hydrogen) atoms. The van der Waals surface area contributed by atoms with Crippen molar-refractivity contribution in [2.24, 2.45) is 0 Å². The second-order valence-electron chi connectivity index (χ2n) is 8.33. The molecule has 2 aromatic rings. The molecule has 2 aromatic carbocycles. The number of carboxylic acid groups (broad SMARTS) is 1. The van der Waals surface area contributed by atoms with Crippen LogP contribution in [-0.4, -0.2) is 41.3 Å². The largest absolute Gasteiger partial charge is 0.490 e. The molecule has 0 bridgehead atoms. The Balaban J connectivity index is 1.41. The molecule has 0 spiro atoms. The topological polar surface area (TPSA) is 49.8 Å². The highest BCUT2D eigenvalue weighted by atomic mass is 35.5. The van der Waals surface area contributed by atoms with E-state index in [1.807, 2.05) is 0 Å². The van der Waals surface area contributed by atoms with Crippen molar-refractivity contribution >= 4 is 17.6 Å². The minimum Gasteiger partial charge on any atom is -0.490 e.